The summed E-state index contributed by atoms with van der Waals surface area (Å²) in [6, 6.07) is 6.53. The molecule has 0 amide bonds. The molecule has 21 heavy (non-hydrogen) atoms. The van der Waals surface area contributed by atoms with E-state index < -0.39 is 0 Å². The molecule has 1 aromatic heterocycles. The van der Waals surface area contributed by atoms with Crippen molar-refractivity contribution in [3.05, 3.63) is 51.8 Å². The molecule has 1 aliphatic heterocycles. The van der Waals surface area contributed by atoms with Gasteiger partial charge < -0.3 is 9.47 Å². The Labute approximate surface area is 131 Å². The van der Waals surface area contributed by atoms with Crippen molar-refractivity contribution < 1.29 is 14.3 Å². The van der Waals surface area contributed by atoms with Crippen molar-refractivity contribution in [2.24, 2.45) is 0 Å². The van der Waals surface area contributed by atoms with Crippen molar-refractivity contribution in [1.29, 1.82) is 0 Å². The van der Waals surface area contributed by atoms with Crippen molar-refractivity contribution in [2.45, 2.75) is 6.42 Å². The van der Waals surface area contributed by atoms with Crippen LogP contribution in [0.1, 0.15) is 22.5 Å². The lowest BCUT2D eigenvalue weighted by Gasteiger charge is -2.09. The third-order valence-corrected chi connectivity index (χ3v) is 3.53. The molecule has 0 radical (unpaired) electrons. The molecule has 2 aromatic rings. The number of fused-ring (bicyclic) bond motifs is 1. The Bertz CT molecular complexity index is 703. The van der Waals surface area contributed by atoms with E-state index in [4.69, 9.17) is 32.7 Å². The minimum atomic E-state index is -0.285. The molecule has 1 aromatic carbocycles. The van der Waals surface area contributed by atoms with Crippen LogP contribution in [0, 0.1) is 0 Å². The summed E-state index contributed by atoms with van der Waals surface area (Å²) >= 11 is 11.8. The smallest absolute Gasteiger partial charge is 0.213 e. The average molecular weight is 324 g/mol. The lowest BCUT2D eigenvalue weighted by Crippen LogP contribution is -2.05. The van der Waals surface area contributed by atoms with Crippen LogP contribution >= 0.6 is 23.2 Å². The molecule has 6 heteroatoms. The van der Waals surface area contributed by atoms with Crippen LogP contribution in [0.15, 0.2) is 30.5 Å². The van der Waals surface area contributed by atoms with Gasteiger partial charge in [0.25, 0.3) is 0 Å². The molecule has 0 atom stereocenters. The molecule has 0 saturated heterocycles. The third-order valence-electron chi connectivity index (χ3n) is 3.03. The van der Waals surface area contributed by atoms with E-state index in [-0.39, 0.29) is 16.5 Å². The monoisotopic (exact) mass is 323 g/mol. The highest BCUT2D eigenvalue weighted by molar-refractivity contribution is 6.37. The van der Waals surface area contributed by atoms with Gasteiger partial charge in [0.2, 0.25) is 5.78 Å². The SMILES string of the molecule is O=C(c1ccc2c(c1)OCCCO2)c1ncc(Cl)cc1Cl. The zero-order valence-electron chi connectivity index (χ0n) is 10.9. The molecule has 108 valence electrons. The quantitative estimate of drug-likeness (QED) is 0.789. The van der Waals surface area contributed by atoms with Gasteiger partial charge in [-0.15, -0.1) is 0 Å². The van der Waals surface area contributed by atoms with Gasteiger partial charge in [-0.05, 0) is 24.3 Å². The molecule has 0 unspecified atom stereocenters. The maximum atomic E-state index is 12.5. The van der Waals surface area contributed by atoms with Crippen molar-refractivity contribution in [3.63, 3.8) is 0 Å². The predicted molar refractivity (Wildman–Crippen MR) is 79.7 cm³/mol. The molecular formula is C15H11Cl2NO3. The third kappa shape index (κ3) is 2.96. The second kappa shape index (κ2) is 5.92. The Morgan fingerprint density at radius 3 is 2.62 bits per heavy atom. The fraction of sp³-hybridized carbons (Fsp3) is 0.200. The van der Waals surface area contributed by atoms with Crippen LogP contribution in [0.25, 0.3) is 0 Å². The maximum absolute atomic E-state index is 12.5. The highest BCUT2D eigenvalue weighted by Gasteiger charge is 2.18. The van der Waals surface area contributed by atoms with E-state index in [0.29, 0.717) is 35.3 Å². The Balaban J connectivity index is 1.96. The zero-order valence-corrected chi connectivity index (χ0v) is 12.4. The molecule has 4 nitrogen and oxygen atoms in total. The number of ketones is 1. The molecule has 2 heterocycles. The molecule has 0 bridgehead atoms. The van der Waals surface area contributed by atoms with Gasteiger partial charge in [-0.25, -0.2) is 4.98 Å². The molecule has 0 N–H and O–H groups in total. The van der Waals surface area contributed by atoms with Crippen LogP contribution in [-0.4, -0.2) is 24.0 Å². The number of carbonyl (C=O) groups excluding carboxylic acids is 1. The lowest BCUT2D eigenvalue weighted by atomic mass is 10.1. The van der Waals surface area contributed by atoms with Gasteiger partial charge in [-0.2, -0.15) is 0 Å². The first kappa shape index (κ1) is 14.2. The van der Waals surface area contributed by atoms with Crippen molar-refractivity contribution in [2.75, 3.05) is 13.2 Å². The number of nitrogens with zero attached hydrogens (tertiary/aromatic N) is 1. The highest BCUT2D eigenvalue weighted by Crippen LogP contribution is 2.31. The van der Waals surface area contributed by atoms with E-state index in [9.17, 15) is 4.79 Å². The van der Waals surface area contributed by atoms with Gasteiger partial charge in [-0.1, -0.05) is 23.2 Å². The standard InChI is InChI=1S/C15H11Cl2NO3/c16-10-7-11(17)14(18-8-10)15(19)9-2-3-12-13(6-9)21-5-1-4-20-12/h2-3,6-8H,1,4-5H2. The normalized spacial score (nSPS) is 13.6. The fourth-order valence-electron chi connectivity index (χ4n) is 2.02. The molecule has 1 aliphatic rings. The fourth-order valence-corrected chi connectivity index (χ4v) is 2.49. The van der Waals surface area contributed by atoms with Crippen molar-refractivity contribution >= 4 is 29.0 Å². The summed E-state index contributed by atoms with van der Waals surface area (Å²) in [5.74, 6) is 0.912. The number of rotatable bonds is 2. The van der Waals surface area contributed by atoms with E-state index in [1.807, 2.05) is 0 Å². The predicted octanol–water partition coefficient (Wildman–Crippen LogP) is 3.78. The summed E-state index contributed by atoms with van der Waals surface area (Å²) in [4.78, 5) is 16.5. The molecule has 0 aliphatic carbocycles. The van der Waals surface area contributed by atoms with E-state index in [1.54, 1.807) is 18.2 Å². The number of carbonyl (C=O) groups is 1. The van der Waals surface area contributed by atoms with E-state index in [1.165, 1.54) is 12.3 Å². The van der Waals surface area contributed by atoms with E-state index >= 15 is 0 Å². The first-order chi connectivity index (χ1) is 10.1. The Kier molecular flexibility index (Phi) is 3.99. The van der Waals surface area contributed by atoms with Crippen LogP contribution in [0.2, 0.25) is 10.0 Å². The number of hydrogen-bond acceptors (Lipinski definition) is 4. The number of ether oxygens (including phenoxy) is 2. The van der Waals surface area contributed by atoms with Gasteiger partial charge in [0.1, 0.15) is 5.69 Å². The largest absolute Gasteiger partial charge is 0.490 e. The van der Waals surface area contributed by atoms with Crippen LogP contribution in [-0.2, 0) is 0 Å². The summed E-state index contributed by atoms with van der Waals surface area (Å²) in [5, 5.41) is 0.606. The van der Waals surface area contributed by atoms with Crippen molar-refractivity contribution in [1.82, 2.24) is 4.98 Å². The Hall–Kier alpha value is -1.78. The van der Waals surface area contributed by atoms with Gasteiger partial charge in [-0.3, -0.25) is 4.79 Å². The van der Waals surface area contributed by atoms with Crippen LogP contribution in [0.4, 0.5) is 0 Å². The minimum Gasteiger partial charge on any atom is -0.490 e. The molecule has 0 spiro atoms. The molecule has 0 saturated carbocycles. The minimum absolute atomic E-state index is 0.163. The molecule has 3 rings (SSSR count). The Morgan fingerprint density at radius 2 is 1.86 bits per heavy atom. The molecular weight excluding hydrogens is 313 g/mol. The summed E-state index contributed by atoms with van der Waals surface area (Å²) in [5.41, 5.74) is 0.603. The number of pyridine rings is 1. The van der Waals surface area contributed by atoms with E-state index in [2.05, 4.69) is 4.98 Å². The maximum Gasteiger partial charge on any atom is 0.213 e. The van der Waals surface area contributed by atoms with Gasteiger partial charge >= 0.3 is 0 Å². The second-order valence-corrected chi connectivity index (χ2v) is 5.37. The van der Waals surface area contributed by atoms with Gasteiger partial charge in [0.05, 0.1) is 23.3 Å². The second-order valence-electron chi connectivity index (χ2n) is 4.53. The number of aromatic nitrogens is 1. The summed E-state index contributed by atoms with van der Waals surface area (Å²) in [6.07, 6.45) is 2.20. The summed E-state index contributed by atoms with van der Waals surface area (Å²) in [7, 11) is 0. The first-order valence-electron chi connectivity index (χ1n) is 6.40. The van der Waals surface area contributed by atoms with Crippen molar-refractivity contribution in [3.8, 4) is 11.5 Å². The zero-order chi connectivity index (χ0) is 14.8. The van der Waals surface area contributed by atoms with Crippen LogP contribution in [0.3, 0.4) is 0 Å². The van der Waals surface area contributed by atoms with Gasteiger partial charge in [0, 0.05) is 18.2 Å². The van der Waals surface area contributed by atoms with Gasteiger partial charge in [0.15, 0.2) is 11.5 Å². The van der Waals surface area contributed by atoms with Crippen LogP contribution in [0.5, 0.6) is 11.5 Å². The summed E-state index contributed by atoms with van der Waals surface area (Å²) < 4.78 is 11.1. The highest BCUT2D eigenvalue weighted by atomic mass is 35.5. The molecule has 0 fully saturated rings. The first-order valence-corrected chi connectivity index (χ1v) is 7.16. The number of halogens is 2. The lowest BCUT2D eigenvalue weighted by molar-refractivity contribution is 0.103. The topological polar surface area (TPSA) is 48.4 Å². The summed E-state index contributed by atoms with van der Waals surface area (Å²) in [6.45, 7) is 1.16. The average Bonchev–Trinajstić information content (AvgIpc) is 2.71. The number of benzene rings is 1. The Morgan fingerprint density at radius 1 is 1.10 bits per heavy atom. The van der Waals surface area contributed by atoms with E-state index in [0.717, 1.165) is 6.42 Å². The van der Waals surface area contributed by atoms with Crippen LogP contribution < -0.4 is 9.47 Å². The number of hydrogen-bond donors (Lipinski definition) is 0.